The Morgan fingerprint density at radius 2 is 0.963 bits per heavy atom. The van der Waals surface area contributed by atoms with E-state index >= 15 is 0 Å². The van der Waals surface area contributed by atoms with Gasteiger partial charge < -0.3 is 0 Å². The monoisotopic (exact) mass is 675 g/mol. The summed E-state index contributed by atoms with van der Waals surface area (Å²) in [6, 6.07) is -14.5. The van der Waals surface area contributed by atoms with Gasteiger partial charge in [0.2, 0.25) is 0 Å². The second-order valence-corrected chi connectivity index (χ2v) is 7.61. The molecule has 27 heavy (non-hydrogen) atoms. The summed E-state index contributed by atoms with van der Waals surface area (Å²) >= 11 is 0. The molecule has 165 valence electrons. The first-order chi connectivity index (χ1) is 11.5. The first kappa shape index (κ1) is 22.8. The number of hydrogen-bond acceptors (Lipinski definition) is 2. The molecule has 0 aromatic carbocycles. The molecule has 1 saturated heterocycles. The van der Waals surface area contributed by atoms with Crippen molar-refractivity contribution in [1.29, 1.82) is 0 Å². The minimum absolute atomic E-state index is 0.00822. The minimum atomic E-state index is -7.77. The zero-order valence-electron chi connectivity index (χ0n) is 11.8. The normalized spacial score (nSPS) is 29.0. The fraction of sp³-hybridized carbons (Fsp3) is 0.889. The van der Waals surface area contributed by atoms with Crippen LogP contribution >= 0.6 is 0 Å². The van der Waals surface area contributed by atoms with Gasteiger partial charge in [0.1, 0.15) is 0 Å². The van der Waals surface area contributed by atoms with Gasteiger partial charge in [0, 0.05) is 0 Å². The molecule has 0 atom stereocenters. The second-order valence-electron chi connectivity index (χ2n) is 4.65. The Morgan fingerprint density at radius 3 is 1.19 bits per heavy atom. The molecule has 0 unspecified atom stereocenters. The van der Waals surface area contributed by atoms with Crippen LogP contribution in [0, 0.1) is 0 Å². The van der Waals surface area contributed by atoms with Gasteiger partial charge >= 0.3 is 132 Å². The van der Waals surface area contributed by atoms with Crippen LogP contribution in [0.25, 0.3) is 0 Å². The third-order valence-electron chi connectivity index (χ3n) is 2.90. The van der Waals surface area contributed by atoms with Crippen molar-refractivity contribution in [3.05, 3.63) is 0 Å². The molecule has 1 aliphatic rings. The third kappa shape index (κ3) is 2.52. The summed E-state index contributed by atoms with van der Waals surface area (Å²) in [5.74, 6) is -30.8. The van der Waals surface area contributed by atoms with E-state index in [4.69, 9.17) is 0 Å². The van der Waals surface area contributed by atoms with Crippen molar-refractivity contribution in [2.45, 2.75) is 42.0 Å². The van der Waals surface area contributed by atoms with E-state index in [-0.39, 0.29) is 7.11 Å². The maximum absolute atomic E-state index is 13.6. The Bertz CT molecular complexity index is 585. The van der Waals surface area contributed by atoms with Gasteiger partial charge in [-0.2, -0.15) is 0 Å². The average Bonchev–Trinajstić information content (AvgIpc) is 2.44. The van der Waals surface area contributed by atoms with Crippen molar-refractivity contribution in [3.63, 3.8) is 0 Å². The van der Waals surface area contributed by atoms with E-state index in [1.54, 1.807) is 0 Å². The zero-order valence-corrected chi connectivity index (χ0v) is 14.5. The molecule has 0 N–H and O–H groups in total. The summed E-state index contributed by atoms with van der Waals surface area (Å²) in [5.41, 5.74) is 0. The van der Waals surface area contributed by atoms with Crippen LogP contribution in [0.5, 0.6) is 0 Å². The molecule has 0 amide bonds. The van der Waals surface area contributed by atoms with Crippen LogP contribution in [-0.4, -0.2) is 61.0 Å². The van der Waals surface area contributed by atoms with E-state index < -0.39 is 53.9 Å². The van der Waals surface area contributed by atoms with Crippen molar-refractivity contribution >= 4 is 6.61 Å². The summed E-state index contributed by atoms with van der Waals surface area (Å²) in [5, 5.41) is -2.95. The number of methoxy groups -OCH3 is 1. The fourth-order valence-electron chi connectivity index (χ4n) is 1.52. The molecule has 18 heteroatoms. The van der Waals surface area contributed by atoms with Gasteiger partial charge in [0.25, 0.3) is 0 Å². The van der Waals surface area contributed by atoms with E-state index in [9.17, 15) is 65.9 Å². The van der Waals surface area contributed by atoms with E-state index in [0.717, 1.165) is 0 Å². The molecule has 0 bridgehead atoms. The molecule has 0 aromatic heterocycles. The van der Waals surface area contributed by atoms with E-state index in [2.05, 4.69) is 4.74 Å². The molecule has 0 aliphatic carbocycles. The predicted octanol–water partition coefficient (Wildman–Crippen LogP) is 4.37. The number of hydrogen-bond donors (Lipinski definition) is 0. The molecule has 1 fully saturated rings. The molecule has 1 rings (SSSR count). The number of rotatable bonds is 2. The summed E-state index contributed by atoms with van der Waals surface area (Å²) in [7, 11) is -0.00822. The standard InChI is InChI=1S/C6F12N.C3H3F3O.Cf/c7-1(8)2(9,10)4(13,14)6(17,18)19-5(15,16)3(1,11)12;1-7-2-3(4,5)6;/h;1H3;/q-1;;+1. The molecule has 1 heterocycles. The first-order valence-corrected chi connectivity index (χ1v) is 8.19. The van der Waals surface area contributed by atoms with Gasteiger partial charge in [-0.05, 0) is 0 Å². The van der Waals surface area contributed by atoms with Gasteiger partial charge in [-0.3, -0.25) is 0 Å². The molecule has 2 nitrogen and oxygen atoms in total. The number of alkyl halides is 15. The third-order valence-corrected chi connectivity index (χ3v) is 6.79. The molecule has 0 spiro atoms. The second kappa shape index (κ2) is 5.39. The Labute approximate surface area is 133 Å². The Morgan fingerprint density at radius 1 is 0.667 bits per heavy atom. The van der Waals surface area contributed by atoms with E-state index in [1.165, 1.54) is 0 Å². The molecule has 1 aliphatic heterocycles. The van der Waals surface area contributed by atoms with Crippen LogP contribution in [0.15, 0.2) is 0 Å². The SMILES string of the molecule is CO[C](=[Cf][N]1C(F)(F)C(F)(F)C(F)(F)C(F)(F)C(F)(F)C1(F)F)C(F)(F)F. The molecule has 0 saturated carbocycles. The molecular weight excluding hydrogens is 674 g/mol. The van der Waals surface area contributed by atoms with Crippen LogP contribution in [0.1, 0.15) is 0 Å². The zero-order chi connectivity index (χ0) is 22.1. The molecule has 0 radical (unpaired) electrons. The fourth-order valence-corrected chi connectivity index (χ4v) is 4.10. The van der Waals surface area contributed by atoms with Crippen molar-refractivity contribution in [2.24, 2.45) is 0 Å². The summed E-state index contributed by atoms with van der Waals surface area (Å²) in [6.07, 6.45) is -5.95. The Balaban J connectivity index is 4.01. The van der Waals surface area contributed by atoms with Crippen LogP contribution in [0.4, 0.5) is 65.9 Å². The van der Waals surface area contributed by atoms with Crippen LogP contribution < -0.4 is 0 Å². The topological polar surface area (TPSA) is 12.5 Å². The summed E-state index contributed by atoms with van der Waals surface area (Å²) in [6.45, 7) is -2.81. The molecule has 0 aromatic rings. The first-order valence-electron chi connectivity index (χ1n) is 5.69. The Kier molecular flexibility index (Phi) is 4.54. The van der Waals surface area contributed by atoms with Gasteiger partial charge in [-0.25, -0.2) is 0 Å². The summed E-state index contributed by atoms with van der Waals surface area (Å²) in [4.78, 5) is 0. The van der Waals surface area contributed by atoms with Gasteiger partial charge in [0.15, 0.2) is 0 Å². The van der Waals surface area contributed by atoms with Crippen molar-refractivity contribution in [1.82, 2.24) is 5.32 Å². The summed E-state index contributed by atoms with van der Waals surface area (Å²) < 4.78 is 196. The molecular formula is C9H3CfF15NO. The quantitative estimate of drug-likeness (QED) is 0.319. The van der Waals surface area contributed by atoms with Crippen LogP contribution in [0.2, 0.25) is 0 Å². The van der Waals surface area contributed by atoms with Gasteiger partial charge in [-0.15, -0.1) is 0 Å². The van der Waals surface area contributed by atoms with Crippen LogP contribution in [0.3, 0.4) is 0 Å². The van der Waals surface area contributed by atoms with Crippen molar-refractivity contribution < 1.29 is 70.6 Å². The maximum atomic E-state index is 13.6. The number of halogens is 15. The number of nitrogens with zero attached hydrogens (tertiary/aromatic N) is 1. The average molecular weight is 677 g/mol. The van der Waals surface area contributed by atoms with E-state index in [0.29, 0.717) is 0 Å². The van der Waals surface area contributed by atoms with Gasteiger partial charge in [0.05, 0.1) is 0 Å². The Hall–Kier alpha value is -2.26. The number of ether oxygens (including phenoxy) is 1. The van der Waals surface area contributed by atoms with Crippen molar-refractivity contribution in [2.75, 3.05) is 7.11 Å². The van der Waals surface area contributed by atoms with Crippen LogP contribution in [-0.2, 0) is 4.74 Å². The van der Waals surface area contributed by atoms with E-state index in [1.807, 2.05) is 0 Å². The van der Waals surface area contributed by atoms with Crippen molar-refractivity contribution in [3.8, 4) is 0 Å². The predicted molar refractivity (Wildman–Crippen MR) is 49.6 cm³/mol. The van der Waals surface area contributed by atoms with Gasteiger partial charge in [-0.1, -0.05) is 0 Å².